The topological polar surface area (TPSA) is 108 Å². The van der Waals surface area contributed by atoms with Crippen molar-refractivity contribution in [1.82, 2.24) is 30.0 Å². The van der Waals surface area contributed by atoms with E-state index in [0.29, 0.717) is 15.9 Å². The smallest absolute Gasteiger partial charge is 0.282 e. The number of nitrogens with zero attached hydrogens (tertiary/aromatic N) is 4. The third-order valence-electron chi connectivity index (χ3n) is 6.33. The molecule has 3 N–H and O–H groups in total. The molecule has 3 aromatic rings. The van der Waals surface area contributed by atoms with Crippen LogP contribution >= 0.6 is 11.6 Å². The highest BCUT2D eigenvalue weighted by Crippen LogP contribution is 2.35. The lowest BCUT2D eigenvalue weighted by atomic mass is 9.86. The Hall–Kier alpha value is -3.47. The zero-order valence-electron chi connectivity index (χ0n) is 23.8. The monoisotopic (exact) mass is 549 g/mol. The second kappa shape index (κ2) is 10.4. The van der Waals surface area contributed by atoms with Gasteiger partial charge in [-0.05, 0) is 43.0 Å². The van der Waals surface area contributed by atoms with E-state index in [9.17, 15) is 18.4 Å². The fourth-order valence-corrected chi connectivity index (χ4v) is 4.82. The molecule has 12 heteroatoms. The minimum atomic E-state index is -3.14. The van der Waals surface area contributed by atoms with Gasteiger partial charge in [-0.15, -0.1) is 0 Å². The lowest BCUT2D eigenvalue weighted by Gasteiger charge is -2.39. The van der Waals surface area contributed by atoms with Crippen LogP contribution < -0.4 is 10.6 Å². The van der Waals surface area contributed by atoms with Gasteiger partial charge >= 0.3 is 0 Å². The number of hydrogen-bond donors (Lipinski definition) is 3. The van der Waals surface area contributed by atoms with Gasteiger partial charge < -0.3 is 20.1 Å². The number of anilines is 1. The fourth-order valence-electron chi connectivity index (χ4n) is 4.37. The number of H-pyrrole nitrogens is 1. The van der Waals surface area contributed by atoms with Gasteiger partial charge in [-0.1, -0.05) is 39.0 Å². The van der Waals surface area contributed by atoms with Crippen LogP contribution in [0.15, 0.2) is 24.8 Å². The number of fused-ring (bicyclic) bond motifs is 1. The Bertz CT molecular complexity index is 1470. The molecule has 1 aliphatic heterocycles. The first kappa shape index (κ1) is 24.8. The van der Waals surface area contributed by atoms with Crippen molar-refractivity contribution in [1.29, 1.82) is 0 Å². The number of aromatic nitrogens is 4. The van der Waals surface area contributed by atoms with E-state index in [2.05, 4.69) is 32.4 Å². The third kappa shape index (κ3) is 5.24. The summed E-state index contributed by atoms with van der Waals surface area (Å²) >= 11 is 6.45. The first-order valence-electron chi connectivity index (χ1n) is 13.1. The molecule has 1 fully saturated rings. The molecule has 0 spiro atoms. The summed E-state index contributed by atoms with van der Waals surface area (Å²) < 4.78 is 47.1. The van der Waals surface area contributed by atoms with Gasteiger partial charge in [0.2, 0.25) is 5.91 Å². The van der Waals surface area contributed by atoms with Gasteiger partial charge in [-0.2, -0.15) is 5.10 Å². The maximum atomic E-state index is 14.2. The number of nitrogens with one attached hydrogen (secondary N) is 3. The number of aromatic amines is 1. The van der Waals surface area contributed by atoms with Crippen molar-refractivity contribution in [2.45, 2.75) is 65.0 Å². The second-order valence-electron chi connectivity index (χ2n) is 10.5. The molecule has 0 unspecified atom stereocenters. The highest BCUT2D eigenvalue weighted by atomic mass is 35.5. The molecule has 38 heavy (non-hydrogen) atoms. The molecule has 1 aromatic carbocycles. The van der Waals surface area contributed by atoms with Crippen LogP contribution in [-0.4, -0.2) is 55.6 Å². The largest absolute Gasteiger partial charge is 0.361 e. The van der Waals surface area contributed by atoms with Crippen molar-refractivity contribution in [3.05, 3.63) is 52.6 Å². The third-order valence-corrected chi connectivity index (χ3v) is 6.64. The van der Waals surface area contributed by atoms with Crippen molar-refractivity contribution in [3.63, 3.8) is 0 Å². The van der Waals surface area contributed by atoms with Crippen molar-refractivity contribution in [2.24, 2.45) is 0 Å². The standard InChI is InChI=1S/C26H32ClF2N7O2/c1-7-20(37)35-11-14(12-35)31-25(38)22-21(23(28)29)32-19(36(22)13(2)3)10-30-24-15-8-16(26(4,5)6)17(27)9-18(15)33-34-24/h7-9,13-14,23H,1,10-12H2,2-6H3,(H,31,38)(H2,30,33,34)/i10D2. The van der Waals surface area contributed by atoms with Gasteiger partial charge in [0.05, 0.1) is 20.8 Å². The molecule has 0 atom stereocenters. The molecule has 1 saturated heterocycles. The summed E-state index contributed by atoms with van der Waals surface area (Å²) in [5.41, 5.74) is -0.204. The zero-order chi connectivity index (χ0) is 29.7. The van der Waals surface area contributed by atoms with Crippen LogP contribution in [0.3, 0.4) is 0 Å². The maximum absolute atomic E-state index is 14.2. The molecule has 9 nitrogen and oxygen atoms in total. The van der Waals surface area contributed by atoms with Gasteiger partial charge in [-0.25, -0.2) is 13.8 Å². The predicted octanol–water partition coefficient (Wildman–Crippen LogP) is 4.97. The van der Waals surface area contributed by atoms with Crippen LogP contribution in [0.1, 0.15) is 77.4 Å². The Balaban J connectivity index is 1.71. The Morgan fingerprint density at radius 1 is 1.34 bits per heavy atom. The number of hydrogen-bond acceptors (Lipinski definition) is 5. The van der Waals surface area contributed by atoms with E-state index in [4.69, 9.17) is 14.3 Å². The second-order valence-corrected chi connectivity index (χ2v) is 10.9. The average molecular weight is 550 g/mol. The fraction of sp³-hybridized carbons (Fsp3) is 0.462. The van der Waals surface area contributed by atoms with E-state index in [1.807, 2.05) is 20.8 Å². The number of benzene rings is 1. The summed E-state index contributed by atoms with van der Waals surface area (Å²) in [5, 5.41) is 13.4. The molecule has 2 amide bonds. The Morgan fingerprint density at radius 2 is 2.03 bits per heavy atom. The van der Waals surface area contributed by atoms with Gasteiger partial charge in [0, 0.05) is 29.5 Å². The Labute approximate surface area is 227 Å². The van der Waals surface area contributed by atoms with E-state index in [0.717, 1.165) is 11.6 Å². The molecule has 0 bridgehead atoms. The maximum Gasteiger partial charge on any atom is 0.282 e. The molecule has 0 aliphatic carbocycles. The molecule has 2 aromatic heterocycles. The van der Waals surface area contributed by atoms with E-state index >= 15 is 0 Å². The van der Waals surface area contributed by atoms with E-state index in [1.54, 1.807) is 26.0 Å². The number of rotatable bonds is 8. The first-order valence-corrected chi connectivity index (χ1v) is 12.5. The molecule has 0 radical (unpaired) electrons. The Kier molecular flexibility index (Phi) is 6.77. The first-order chi connectivity index (χ1) is 18.5. The summed E-state index contributed by atoms with van der Waals surface area (Å²) in [6.07, 6.45) is -1.98. The number of carbonyl (C=O) groups is 2. The number of carbonyl (C=O) groups excluding carboxylic acids is 2. The van der Waals surface area contributed by atoms with Crippen LogP contribution in [0.25, 0.3) is 10.9 Å². The molecule has 204 valence electrons. The number of likely N-dealkylation sites (tertiary alicyclic amines) is 1. The summed E-state index contributed by atoms with van der Waals surface area (Å²) in [6.45, 7) is 10.6. The zero-order valence-corrected chi connectivity index (χ0v) is 22.6. The normalized spacial score (nSPS) is 15.5. The number of alkyl halides is 2. The van der Waals surface area contributed by atoms with Crippen LogP contribution in [0.2, 0.25) is 5.02 Å². The highest BCUT2D eigenvalue weighted by Gasteiger charge is 2.34. The number of amides is 2. The summed E-state index contributed by atoms with van der Waals surface area (Å²) in [6, 6.07) is 2.45. The summed E-state index contributed by atoms with van der Waals surface area (Å²) in [5.74, 6) is -1.40. The van der Waals surface area contributed by atoms with Crippen LogP contribution in [0.5, 0.6) is 0 Å². The minimum Gasteiger partial charge on any atom is -0.361 e. The van der Waals surface area contributed by atoms with Crippen molar-refractivity contribution in [2.75, 3.05) is 18.4 Å². The SMILES string of the molecule is [2H]C([2H])(Nc1n[nH]c2cc(Cl)c(C(C)(C)C)cc12)c1nc(C(F)F)c(C(=O)NC2CN(C(=O)C=C)C2)n1C(C)C. The van der Waals surface area contributed by atoms with Gasteiger partial charge in [0.25, 0.3) is 12.3 Å². The van der Waals surface area contributed by atoms with Gasteiger partial charge in [0.15, 0.2) is 5.82 Å². The van der Waals surface area contributed by atoms with Gasteiger partial charge in [-0.3, -0.25) is 14.7 Å². The summed E-state index contributed by atoms with van der Waals surface area (Å²) in [4.78, 5) is 30.3. The van der Waals surface area contributed by atoms with Crippen molar-refractivity contribution >= 4 is 40.1 Å². The molecule has 0 saturated carbocycles. The van der Waals surface area contributed by atoms with Crippen LogP contribution in [-0.2, 0) is 16.7 Å². The van der Waals surface area contributed by atoms with Gasteiger partial charge in [0.1, 0.15) is 17.2 Å². The van der Waals surface area contributed by atoms with Crippen molar-refractivity contribution < 1.29 is 21.1 Å². The minimum absolute atomic E-state index is 0.131. The highest BCUT2D eigenvalue weighted by molar-refractivity contribution is 6.32. The molecule has 1 aliphatic rings. The average Bonchev–Trinajstić information content (AvgIpc) is 3.41. The van der Waals surface area contributed by atoms with E-state index < -0.39 is 48.1 Å². The lowest BCUT2D eigenvalue weighted by Crippen LogP contribution is -2.60. The quantitative estimate of drug-likeness (QED) is 0.344. The molecule has 3 heterocycles. The van der Waals surface area contributed by atoms with E-state index in [-0.39, 0.29) is 30.2 Å². The Morgan fingerprint density at radius 3 is 2.61 bits per heavy atom. The number of imidazole rings is 1. The number of halogens is 3. The lowest BCUT2D eigenvalue weighted by molar-refractivity contribution is -0.130. The van der Waals surface area contributed by atoms with Crippen LogP contribution in [0, 0.1) is 0 Å². The summed E-state index contributed by atoms with van der Waals surface area (Å²) in [7, 11) is 0. The molecular weight excluding hydrogens is 516 g/mol. The van der Waals surface area contributed by atoms with E-state index in [1.165, 1.54) is 9.47 Å². The van der Waals surface area contributed by atoms with Crippen LogP contribution in [0.4, 0.5) is 14.6 Å². The van der Waals surface area contributed by atoms with Crippen molar-refractivity contribution in [3.8, 4) is 0 Å². The predicted molar refractivity (Wildman–Crippen MR) is 143 cm³/mol. The molecule has 4 rings (SSSR count). The molecular formula is C26H32ClF2N7O2.